The van der Waals surface area contributed by atoms with Crippen LogP contribution in [0.3, 0.4) is 0 Å². The highest BCUT2D eigenvalue weighted by Crippen LogP contribution is 2.36. The number of hydrogen-bond acceptors (Lipinski definition) is 4. The Morgan fingerprint density at radius 3 is 2.79 bits per heavy atom. The summed E-state index contributed by atoms with van der Waals surface area (Å²) in [4.78, 5) is 5.26. The van der Waals surface area contributed by atoms with Gasteiger partial charge in [0.05, 0.1) is 6.61 Å². The minimum absolute atomic E-state index is 0.655. The summed E-state index contributed by atoms with van der Waals surface area (Å²) in [5.41, 5.74) is 7.18. The number of nitrogens with two attached hydrogens (primary N) is 1. The predicted molar refractivity (Wildman–Crippen MR) is 81.4 cm³/mol. The van der Waals surface area contributed by atoms with Gasteiger partial charge in [-0.25, -0.2) is 0 Å². The molecule has 0 saturated heterocycles. The van der Waals surface area contributed by atoms with Crippen LogP contribution in [0.4, 0.5) is 0 Å². The third-order valence-electron chi connectivity index (χ3n) is 4.11. The second-order valence-corrected chi connectivity index (χ2v) is 6.88. The fourth-order valence-electron chi connectivity index (χ4n) is 2.58. The molecule has 0 amide bonds. The molecular weight excluding hydrogens is 256 g/mol. The topological polar surface area (TPSA) is 38.5 Å². The van der Waals surface area contributed by atoms with E-state index in [1.807, 2.05) is 11.3 Å². The number of methoxy groups -OCH3 is 1. The summed E-state index contributed by atoms with van der Waals surface area (Å²) in [7, 11) is 1.78. The zero-order valence-electron chi connectivity index (χ0n) is 12.3. The van der Waals surface area contributed by atoms with Crippen LogP contribution in [0.5, 0.6) is 0 Å². The van der Waals surface area contributed by atoms with Crippen LogP contribution < -0.4 is 5.73 Å². The van der Waals surface area contributed by atoms with E-state index in [1.165, 1.54) is 28.2 Å². The molecule has 19 heavy (non-hydrogen) atoms. The molecule has 1 unspecified atom stereocenters. The number of ether oxygens (including phenoxy) is 1. The van der Waals surface area contributed by atoms with Gasteiger partial charge in [0.15, 0.2) is 0 Å². The van der Waals surface area contributed by atoms with Crippen LogP contribution in [-0.2, 0) is 17.8 Å². The van der Waals surface area contributed by atoms with Gasteiger partial charge in [0, 0.05) is 42.5 Å². The maximum atomic E-state index is 5.74. The number of aryl methyl sites for hydroxylation is 1. The minimum atomic E-state index is 0.655. The van der Waals surface area contributed by atoms with Gasteiger partial charge in [-0.3, -0.25) is 4.90 Å². The van der Waals surface area contributed by atoms with Crippen molar-refractivity contribution in [2.45, 2.75) is 45.8 Å². The Morgan fingerprint density at radius 2 is 2.26 bits per heavy atom. The van der Waals surface area contributed by atoms with Gasteiger partial charge in [0.25, 0.3) is 0 Å². The van der Waals surface area contributed by atoms with Crippen molar-refractivity contribution in [2.75, 3.05) is 20.3 Å². The van der Waals surface area contributed by atoms with Crippen LogP contribution >= 0.6 is 11.3 Å². The predicted octanol–water partition coefficient (Wildman–Crippen LogP) is 2.76. The monoisotopic (exact) mass is 282 g/mol. The minimum Gasteiger partial charge on any atom is -0.383 e. The maximum absolute atomic E-state index is 5.74. The highest BCUT2D eigenvalue weighted by molar-refractivity contribution is 7.12. The molecule has 2 N–H and O–H groups in total. The molecule has 1 aliphatic rings. The molecule has 1 saturated carbocycles. The largest absolute Gasteiger partial charge is 0.383 e. The SMILES string of the molecule is COCCN(Cc1cc(CN)sc1C)C(C)C1CC1. The molecule has 1 fully saturated rings. The van der Waals surface area contributed by atoms with Gasteiger partial charge < -0.3 is 10.5 Å². The summed E-state index contributed by atoms with van der Waals surface area (Å²) in [6.07, 6.45) is 2.78. The first-order chi connectivity index (χ1) is 9.15. The van der Waals surface area contributed by atoms with E-state index in [0.717, 1.165) is 25.6 Å². The van der Waals surface area contributed by atoms with Gasteiger partial charge in [-0.2, -0.15) is 0 Å². The molecule has 1 aliphatic carbocycles. The standard InChI is InChI=1S/C15H26N2OS/c1-11(13-4-5-13)17(6-7-18-3)10-14-8-15(9-16)19-12(14)2/h8,11,13H,4-7,9-10,16H2,1-3H3. The van der Waals surface area contributed by atoms with Crippen molar-refractivity contribution < 1.29 is 4.74 Å². The molecule has 108 valence electrons. The summed E-state index contributed by atoms with van der Waals surface area (Å²) in [6, 6.07) is 2.94. The number of rotatable bonds is 8. The molecule has 0 spiro atoms. The van der Waals surface area contributed by atoms with Crippen LogP contribution in [0.1, 0.15) is 35.1 Å². The molecule has 2 rings (SSSR count). The first kappa shape index (κ1) is 15.0. The van der Waals surface area contributed by atoms with Crippen molar-refractivity contribution in [1.29, 1.82) is 0 Å². The first-order valence-corrected chi connectivity index (χ1v) is 7.98. The summed E-state index contributed by atoms with van der Waals surface area (Å²) in [5.74, 6) is 0.893. The lowest BCUT2D eigenvalue weighted by atomic mass is 10.1. The lowest BCUT2D eigenvalue weighted by Gasteiger charge is -2.29. The molecule has 1 heterocycles. The molecule has 1 atom stereocenters. The van der Waals surface area contributed by atoms with Crippen LogP contribution in [0.2, 0.25) is 0 Å². The summed E-state index contributed by atoms with van der Waals surface area (Å²) < 4.78 is 5.26. The summed E-state index contributed by atoms with van der Waals surface area (Å²) in [6.45, 7) is 8.07. The number of nitrogens with zero attached hydrogens (tertiary/aromatic N) is 1. The van der Waals surface area contributed by atoms with Gasteiger partial charge in [-0.15, -0.1) is 11.3 Å². The third-order valence-corrected chi connectivity index (χ3v) is 5.22. The Kier molecular flexibility index (Phi) is 5.39. The van der Waals surface area contributed by atoms with E-state index in [0.29, 0.717) is 12.6 Å². The zero-order valence-corrected chi connectivity index (χ0v) is 13.1. The Hall–Kier alpha value is -0.420. The van der Waals surface area contributed by atoms with Gasteiger partial charge in [-0.1, -0.05) is 0 Å². The fraction of sp³-hybridized carbons (Fsp3) is 0.733. The van der Waals surface area contributed by atoms with Crippen molar-refractivity contribution in [2.24, 2.45) is 11.7 Å². The molecule has 0 aromatic carbocycles. The number of thiophene rings is 1. The molecule has 3 nitrogen and oxygen atoms in total. The van der Waals surface area contributed by atoms with E-state index in [1.54, 1.807) is 7.11 Å². The van der Waals surface area contributed by atoms with Gasteiger partial charge in [0.2, 0.25) is 0 Å². The Morgan fingerprint density at radius 1 is 1.53 bits per heavy atom. The van der Waals surface area contributed by atoms with Gasteiger partial charge in [-0.05, 0) is 44.2 Å². The van der Waals surface area contributed by atoms with Crippen LogP contribution in [0, 0.1) is 12.8 Å². The first-order valence-electron chi connectivity index (χ1n) is 7.17. The maximum Gasteiger partial charge on any atom is 0.0589 e. The normalized spacial score (nSPS) is 17.1. The second kappa shape index (κ2) is 6.84. The average molecular weight is 282 g/mol. The third kappa shape index (κ3) is 4.02. The fourth-order valence-corrected chi connectivity index (χ4v) is 3.51. The highest BCUT2D eigenvalue weighted by Gasteiger charge is 2.32. The van der Waals surface area contributed by atoms with Crippen LogP contribution in [0.25, 0.3) is 0 Å². The molecular formula is C15H26N2OS. The van der Waals surface area contributed by atoms with Gasteiger partial charge >= 0.3 is 0 Å². The van der Waals surface area contributed by atoms with Crippen molar-refractivity contribution in [3.8, 4) is 0 Å². The molecule has 0 bridgehead atoms. The number of hydrogen-bond donors (Lipinski definition) is 1. The molecule has 1 aromatic rings. The highest BCUT2D eigenvalue weighted by atomic mass is 32.1. The van der Waals surface area contributed by atoms with E-state index in [9.17, 15) is 0 Å². The average Bonchev–Trinajstić information content (AvgIpc) is 3.19. The van der Waals surface area contributed by atoms with E-state index < -0.39 is 0 Å². The van der Waals surface area contributed by atoms with Crippen molar-refractivity contribution in [3.05, 3.63) is 21.4 Å². The van der Waals surface area contributed by atoms with Gasteiger partial charge in [0.1, 0.15) is 0 Å². The molecule has 0 radical (unpaired) electrons. The van der Waals surface area contributed by atoms with E-state index in [-0.39, 0.29) is 0 Å². The lowest BCUT2D eigenvalue weighted by molar-refractivity contribution is 0.111. The quantitative estimate of drug-likeness (QED) is 0.797. The summed E-state index contributed by atoms with van der Waals surface area (Å²) in [5, 5.41) is 0. The smallest absolute Gasteiger partial charge is 0.0589 e. The Bertz CT molecular complexity index is 401. The van der Waals surface area contributed by atoms with Crippen LogP contribution in [0.15, 0.2) is 6.07 Å². The summed E-state index contributed by atoms with van der Waals surface area (Å²) >= 11 is 1.83. The van der Waals surface area contributed by atoms with Crippen molar-refractivity contribution in [3.63, 3.8) is 0 Å². The zero-order chi connectivity index (χ0) is 13.8. The molecule has 4 heteroatoms. The Balaban J connectivity index is 2.02. The lowest BCUT2D eigenvalue weighted by Crippen LogP contribution is -2.36. The Labute approximate surface area is 120 Å². The van der Waals surface area contributed by atoms with E-state index in [2.05, 4.69) is 24.8 Å². The second-order valence-electron chi connectivity index (χ2n) is 5.54. The molecule has 1 aromatic heterocycles. The van der Waals surface area contributed by atoms with Crippen LogP contribution in [-0.4, -0.2) is 31.2 Å². The van der Waals surface area contributed by atoms with Crippen molar-refractivity contribution in [1.82, 2.24) is 4.90 Å². The van der Waals surface area contributed by atoms with Crippen molar-refractivity contribution >= 4 is 11.3 Å². The van der Waals surface area contributed by atoms with E-state index in [4.69, 9.17) is 10.5 Å². The van der Waals surface area contributed by atoms with E-state index >= 15 is 0 Å². The molecule has 0 aliphatic heterocycles.